The number of unbranched alkanes of at least 4 members (excludes halogenated alkanes) is 1. The van der Waals surface area contributed by atoms with Crippen molar-refractivity contribution in [2.75, 3.05) is 20.3 Å². The maximum absolute atomic E-state index is 13.2. The first-order chi connectivity index (χ1) is 16.4. The Hall–Kier alpha value is -2.97. The number of nitro groups is 1. The van der Waals surface area contributed by atoms with Crippen molar-refractivity contribution in [1.29, 1.82) is 0 Å². The highest BCUT2D eigenvalue weighted by Gasteiger charge is 2.32. The monoisotopic (exact) mass is 476 g/mol. The number of hydrogen-bond donors (Lipinski definition) is 0. The Morgan fingerprint density at radius 1 is 1.24 bits per heavy atom. The lowest BCUT2D eigenvalue weighted by atomic mass is 9.88. The van der Waals surface area contributed by atoms with Crippen LogP contribution in [0, 0.1) is 16.0 Å². The predicted octanol–water partition coefficient (Wildman–Crippen LogP) is 4.71. The Morgan fingerprint density at radius 2 is 1.97 bits per heavy atom. The van der Waals surface area contributed by atoms with Crippen LogP contribution in [-0.2, 0) is 14.3 Å². The number of nitro benzene ring substituents is 1. The van der Waals surface area contributed by atoms with Gasteiger partial charge in [0.05, 0.1) is 24.2 Å². The highest BCUT2D eigenvalue weighted by atomic mass is 16.6. The topological polar surface area (TPSA) is 116 Å². The van der Waals surface area contributed by atoms with E-state index in [0.29, 0.717) is 37.3 Å². The van der Waals surface area contributed by atoms with E-state index in [1.54, 1.807) is 4.90 Å². The summed E-state index contributed by atoms with van der Waals surface area (Å²) >= 11 is 0. The summed E-state index contributed by atoms with van der Waals surface area (Å²) < 4.78 is 10.6. The summed E-state index contributed by atoms with van der Waals surface area (Å²) in [5.41, 5.74) is -0.342. The molecule has 0 radical (unpaired) electrons. The zero-order chi connectivity index (χ0) is 24.9. The van der Waals surface area contributed by atoms with Gasteiger partial charge in [-0.25, -0.2) is 4.79 Å². The molecule has 0 saturated heterocycles. The highest BCUT2D eigenvalue weighted by molar-refractivity contribution is 5.84. The first-order valence-electron chi connectivity index (χ1n) is 12.1. The molecule has 0 N–H and O–H groups in total. The molecule has 9 nitrogen and oxygen atoms in total. The van der Waals surface area contributed by atoms with Gasteiger partial charge in [-0.1, -0.05) is 39.0 Å². The average Bonchev–Trinajstić information content (AvgIpc) is 2.85. The second kappa shape index (κ2) is 14.3. The molecule has 0 aliphatic heterocycles. The standard InChI is InChI=1S/C25H36N2O7/c1-3-4-11-23(25(30)33-2)26(17-19-9-6-5-7-10-19)24(29)12-8-15-34-21-13-14-22(27(31)32)20(16-21)18-28/h13-14,16,18-19,23H,3-12,15,17H2,1-2H3. The molecule has 2 rings (SSSR count). The van der Waals surface area contributed by atoms with E-state index >= 15 is 0 Å². The minimum Gasteiger partial charge on any atom is -0.494 e. The number of hydrogen-bond acceptors (Lipinski definition) is 7. The highest BCUT2D eigenvalue weighted by Crippen LogP contribution is 2.27. The van der Waals surface area contributed by atoms with Crippen LogP contribution in [0.5, 0.6) is 5.75 Å². The Balaban J connectivity index is 2.00. The van der Waals surface area contributed by atoms with Crippen molar-refractivity contribution in [3.05, 3.63) is 33.9 Å². The molecular weight excluding hydrogens is 440 g/mol. The number of esters is 1. The molecule has 9 heteroatoms. The molecule has 0 heterocycles. The molecule has 1 aliphatic rings. The number of carbonyl (C=O) groups is 3. The van der Waals surface area contributed by atoms with Gasteiger partial charge in [0.15, 0.2) is 6.29 Å². The van der Waals surface area contributed by atoms with Crippen LogP contribution in [0.4, 0.5) is 5.69 Å². The Kier molecular flexibility index (Phi) is 11.5. The summed E-state index contributed by atoms with van der Waals surface area (Å²) in [5.74, 6) is 0.248. The smallest absolute Gasteiger partial charge is 0.328 e. The Labute approximate surface area is 200 Å². The number of benzene rings is 1. The fraction of sp³-hybridized carbons (Fsp3) is 0.640. The van der Waals surface area contributed by atoms with Crippen molar-refractivity contribution >= 4 is 23.9 Å². The zero-order valence-electron chi connectivity index (χ0n) is 20.2. The lowest BCUT2D eigenvalue weighted by molar-refractivity contribution is -0.385. The van der Waals surface area contributed by atoms with Gasteiger partial charge in [0, 0.05) is 19.0 Å². The molecule has 0 aromatic heterocycles. The van der Waals surface area contributed by atoms with Crippen molar-refractivity contribution in [2.24, 2.45) is 5.92 Å². The van der Waals surface area contributed by atoms with Crippen LogP contribution < -0.4 is 4.74 Å². The number of nitrogens with zero attached hydrogens (tertiary/aromatic N) is 2. The van der Waals surface area contributed by atoms with Gasteiger partial charge in [-0.3, -0.25) is 19.7 Å². The van der Waals surface area contributed by atoms with Gasteiger partial charge in [0.1, 0.15) is 11.8 Å². The number of carbonyl (C=O) groups excluding carboxylic acids is 3. The lowest BCUT2D eigenvalue weighted by Crippen LogP contribution is -2.48. The SMILES string of the molecule is CCCCC(C(=O)OC)N(CC1CCCCC1)C(=O)CCCOc1ccc([N+](=O)[O-])c(C=O)c1. The Bertz CT molecular complexity index is 837. The molecule has 1 aromatic carbocycles. The van der Waals surface area contributed by atoms with E-state index in [0.717, 1.165) is 38.5 Å². The molecule has 0 bridgehead atoms. The molecule has 188 valence electrons. The fourth-order valence-electron chi connectivity index (χ4n) is 4.43. The molecule has 1 aliphatic carbocycles. The van der Waals surface area contributed by atoms with Crippen LogP contribution >= 0.6 is 0 Å². The third-order valence-electron chi connectivity index (χ3n) is 6.31. The van der Waals surface area contributed by atoms with Gasteiger partial charge in [0.2, 0.25) is 5.91 Å². The van der Waals surface area contributed by atoms with Gasteiger partial charge in [-0.15, -0.1) is 0 Å². The second-order valence-corrected chi connectivity index (χ2v) is 8.78. The van der Waals surface area contributed by atoms with Crippen molar-refractivity contribution in [3.63, 3.8) is 0 Å². The molecule has 1 saturated carbocycles. The summed E-state index contributed by atoms with van der Waals surface area (Å²) in [7, 11) is 1.36. The van der Waals surface area contributed by atoms with E-state index < -0.39 is 11.0 Å². The van der Waals surface area contributed by atoms with E-state index in [9.17, 15) is 24.5 Å². The number of ether oxygens (including phenoxy) is 2. The summed E-state index contributed by atoms with van der Waals surface area (Å²) in [6.07, 6.45) is 9.01. The van der Waals surface area contributed by atoms with Crippen LogP contribution in [0.1, 0.15) is 81.5 Å². The van der Waals surface area contributed by atoms with E-state index in [1.807, 2.05) is 6.92 Å². The summed E-state index contributed by atoms with van der Waals surface area (Å²) in [5, 5.41) is 11.0. The van der Waals surface area contributed by atoms with Crippen LogP contribution in [0.3, 0.4) is 0 Å². The third-order valence-corrected chi connectivity index (χ3v) is 6.31. The quantitative estimate of drug-likeness (QED) is 0.126. The van der Waals surface area contributed by atoms with Crippen molar-refractivity contribution < 1.29 is 28.8 Å². The van der Waals surface area contributed by atoms with E-state index in [2.05, 4.69) is 0 Å². The molecule has 1 unspecified atom stereocenters. The summed E-state index contributed by atoms with van der Waals surface area (Å²) in [6, 6.07) is 3.40. The molecule has 1 aromatic rings. The van der Waals surface area contributed by atoms with E-state index in [4.69, 9.17) is 9.47 Å². The van der Waals surface area contributed by atoms with Crippen molar-refractivity contribution in [3.8, 4) is 5.75 Å². The van der Waals surface area contributed by atoms with Gasteiger partial charge in [-0.05, 0) is 43.7 Å². The van der Waals surface area contributed by atoms with E-state index in [-0.39, 0.29) is 36.2 Å². The second-order valence-electron chi connectivity index (χ2n) is 8.78. The first kappa shape index (κ1) is 27.3. The van der Waals surface area contributed by atoms with Crippen LogP contribution in [0.25, 0.3) is 0 Å². The largest absolute Gasteiger partial charge is 0.494 e. The minimum absolute atomic E-state index is 0.0610. The Morgan fingerprint density at radius 3 is 2.59 bits per heavy atom. The van der Waals surface area contributed by atoms with Gasteiger partial charge in [0.25, 0.3) is 5.69 Å². The minimum atomic E-state index is -0.622. The third kappa shape index (κ3) is 8.11. The summed E-state index contributed by atoms with van der Waals surface area (Å²) in [4.78, 5) is 48.9. The average molecular weight is 477 g/mol. The normalized spacial score (nSPS) is 14.8. The molecule has 1 atom stereocenters. The van der Waals surface area contributed by atoms with Crippen LogP contribution in [0.2, 0.25) is 0 Å². The van der Waals surface area contributed by atoms with Crippen LogP contribution in [0.15, 0.2) is 18.2 Å². The zero-order valence-corrected chi connectivity index (χ0v) is 20.2. The molecule has 34 heavy (non-hydrogen) atoms. The molecule has 0 spiro atoms. The summed E-state index contributed by atoms with van der Waals surface area (Å²) in [6.45, 7) is 2.82. The van der Waals surface area contributed by atoms with Crippen LogP contribution in [-0.4, -0.2) is 54.3 Å². The lowest BCUT2D eigenvalue weighted by Gasteiger charge is -2.34. The first-order valence-corrected chi connectivity index (χ1v) is 12.1. The number of methoxy groups -OCH3 is 1. The number of rotatable bonds is 14. The number of aldehydes is 1. The number of amides is 1. The van der Waals surface area contributed by atoms with E-state index in [1.165, 1.54) is 31.7 Å². The van der Waals surface area contributed by atoms with Gasteiger partial charge in [-0.2, -0.15) is 0 Å². The molecular formula is C25H36N2O7. The maximum Gasteiger partial charge on any atom is 0.328 e. The predicted molar refractivity (Wildman–Crippen MR) is 127 cm³/mol. The maximum atomic E-state index is 13.2. The van der Waals surface area contributed by atoms with Gasteiger partial charge >= 0.3 is 5.97 Å². The molecule has 1 fully saturated rings. The molecule has 1 amide bonds. The van der Waals surface area contributed by atoms with Crippen molar-refractivity contribution in [2.45, 2.75) is 77.2 Å². The van der Waals surface area contributed by atoms with Crippen molar-refractivity contribution in [1.82, 2.24) is 4.90 Å². The fourth-order valence-corrected chi connectivity index (χ4v) is 4.43. The van der Waals surface area contributed by atoms with Gasteiger partial charge < -0.3 is 14.4 Å².